The number of nitrogens with zero attached hydrogens (tertiary/aromatic N) is 5. The van der Waals surface area contributed by atoms with Gasteiger partial charge in [-0.2, -0.15) is 8.42 Å². The van der Waals surface area contributed by atoms with E-state index in [1.807, 2.05) is 19.1 Å². The zero-order valence-electron chi connectivity index (χ0n) is 20.4. The standard InChI is InChI=1S/C24H29F2N5O4S/c1-15-4-7-21(29-8-10-30(11-9-29)23(33)16(2)32)27-22(15)17-5-6-19-20(12-17)28(3)36(34,35)31(19)14-18-13-24(18,25)26/h4-7,12,16,18,32H,8-11,13-14H2,1-3H3/t16-,18?/m1/s1. The first-order valence-corrected chi connectivity index (χ1v) is 13.3. The molecule has 1 aliphatic carbocycles. The molecule has 2 aliphatic heterocycles. The molecule has 2 atom stereocenters. The highest BCUT2D eigenvalue weighted by Gasteiger charge is 2.59. The number of aliphatic hydroxyl groups excluding tert-OH is 1. The van der Waals surface area contributed by atoms with E-state index in [0.717, 1.165) is 25.6 Å². The van der Waals surface area contributed by atoms with Gasteiger partial charge in [-0.1, -0.05) is 12.1 Å². The molecular weight excluding hydrogens is 492 g/mol. The number of amides is 1. The van der Waals surface area contributed by atoms with Crippen molar-refractivity contribution in [1.82, 2.24) is 9.88 Å². The van der Waals surface area contributed by atoms with Gasteiger partial charge < -0.3 is 14.9 Å². The summed E-state index contributed by atoms with van der Waals surface area (Å²) < 4.78 is 55.1. The van der Waals surface area contributed by atoms with Gasteiger partial charge in [0.2, 0.25) is 0 Å². The highest BCUT2D eigenvalue weighted by atomic mass is 32.2. The van der Waals surface area contributed by atoms with Gasteiger partial charge in [-0.05, 0) is 37.6 Å². The first kappa shape index (κ1) is 24.7. The molecule has 2 aromatic rings. The Kier molecular flexibility index (Phi) is 5.86. The van der Waals surface area contributed by atoms with Crippen LogP contribution in [0.15, 0.2) is 30.3 Å². The van der Waals surface area contributed by atoms with Crippen LogP contribution in [0.25, 0.3) is 11.3 Å². The van der Waals surface area contributed by atoms with Gasteiger partial charge in [-0.25, -0.2) is 13.8 Å². The Labute approximate surface area is 209 Å². The van der Waals surface area contributed by atoms with Crippen molar-refractivity contribution in [3.05, 3.63) is 35.9 Å². The molecule has 1 amide bonds. The lowest BCUT2D eigenvalue weighted by atomic mass is 10.0. The fourth-order valence-corrected chi connectivity index (χ4v) is 6.26. The van der Waals surface area contributed by atoms with Crippen LogP contribution in [-0.2, 0) is 15.0 Å². The van der Waals surface area contributed by atoms with Gasteiger partial charge in [0, 0.05) is 57.7 Å². The first-order valence-electron chi connectivity index (χ1n) is 11.9. The number of aryl methyl sites for hydroxylation is 1. The predicted octanol–water partition coefficient (Wildman–Crippen LogP) is 2.24. The van der Waals surface area contributed by atoms with Gasteiger partial charge in [0.25, 0.3) is 11.8 Å². The number of pyridine rings is 1. The Morgan fingerprint density at radius 2 is 1.83 bits per heavy atom. The minimum Gasteiger partial charge on any atom is -0.384 e. The van der Waals surface area contributed by atoms with Crippen LogP contribution in [-0.4, -0.2) is 81.1 Å². The number of carbonyl (C=O) groups is 1. The summed E-state index contributed by atoms with van der Waals surface area (Å²) in [7, 11) is -2.50. The molecule has 36 heavy (non-hydrogen) atoms. The summed E-state index contributed by atoms with van der Waals surface area (Å²) in [5.41, 5.74) is 3.12. The molecule has 9 nitrogen and oxygen atoms in total. The number of aromatic nitrogens is 1. The molecule has 0 bridgehead atoms. The van der Waals surface area contributed by atoms with E-state index >= 15 is 0 Å². The summed E-state index contributed by atoms with van der Waals surface area (Å²) in [6, 6.07) is 9.01. The van der Waals surface area contributed by atoms with Crippen molar-refractivity contribution in [3.63, 3.8) is 0 Å². The van der Waals surface area contributed by atoms with E-state index < -0.39 is 28.2 Å². The number of aliphatic hydroxyl groups is 1. The van der Waals surface area contributed by atoms with Crippen LogP contribution in [0.5, 0.6) is 0 Å². The third-order valence-corrected chi connectivity index (χ3v) is 8.97. The van der Waals surface area contributed by atoms with Gasteiger partial charge in [0.1, 0.15) is 11.9 Å². The van der Waals surface area contributed by atoms with Crippen molar-refractivity contribution in [2.24, 2.45) is 5.92 Å². The van der Waals surface area contributed by atoms with Crippen LogP contribution in [0.3, 0.4) is 0 Å². The monoisotopic (exact) mass is 521 g/mol. The molecule has 5 rings (SSSR count). The summed E-state index contributed by atoms with van der Waals surface area (Å²) in [5.74, 6) is -3.33. The van der Waals surface area contributed by atoms with Crippen LogP contribution in [0, 0.1) is 12.8 Å². The molecule has 1 saturated heterocycles. The average Bonchev–Trinajstić information content (AvgIpc) is 3.41. The van der Waals surface area contributed by atoms with E-state index in [9.17, 15) is 27.1 Å². The maximum absolute atomic E-state index is 13.5. The van der Waals surface area contributed by atoms with Crippen molar-refractivity contribution in [2.45, 2.75) is 32.3 Å². The summed E-state index contributed by atoms with van der Waals surface area (Å²) >= 11 is 0. The Balaban J connectivity index is 1.40. The van der Waals surface area contributed by atoms with Crippen molar-refractivity contribution in [1.29, 1.82) is 0 Å². The van der Waals surface area contributed by atoms with Gasteiger partial charge in [0.05, 0.1) is 17.1 Å². The van der Waals surface area contributed by atoms with E-state index in [1.54, 1.807) is 23.1 Å². The number of halogens is 2. The molecule has 1 aromatic carbocycles. The molecule has 3 heterocycles. The van der Waals surface area contributed by atoms with Gasteiger partial charge in [-0.3, -0.25) is 13.4 Å². The smallest absolute Gasteiger partial charge is 0.326 e. The highest BCUT2D eigenvalue weighted by molar-refractivity contribution is 7.94. The van der Waals surface area contributed by atoms with Crippen molar-refractivity contribution in [2.75, 3.05) is 53.3 Å². The highest BCUT2D eigenvalue weighted by Crippen LogP contribution is 2.51. The summed E-state index contributed by atoms with van der Waals surface area (Å²) in [6.45, 7) is 5.23. The van der Waals surface area contributed by atoms with E-state index in [0.29, 0.717) is 43.2 Å². The SMILES string of the molecule is Cc1ccc(N2CCN(C(=O)[C@@H](C)O)CC2)nc1-c1ccc2c(c1)N(C)S(=O)(=O)N2CC1CC1(F)F. The molecule has 1 aromatic heterocycles. The summed E-state index contributed by atoms with van der Waals surface area (Å²) in [4.78, 5) is 20.6. The van der Waals surface area contributed by atoms with E-state index in [4.69, 9.17) is 4.98 Å². The number of anilines is 3. The van der Waals surface area contributed by atoms with Crippen LogP contribution < -0.4 is 13.5 Å². The van der Waals surface area contributed by atoms with Crippen molar-refractivity contribution < 1.29 is 27.1 Å². The lowest BCUT2D eigenvalue weighted by Crippen LogP contribution is -2.51. The van der Waals surface area contributed by atoms with E-state index in [-0.39, 0.29) is 18.9 Å². The zero-order valence-corrected chi connectivity index (χ0v) is 21.2. The third kappa shape index (κ3) is 4.15. The summed E-state index contributed by atoms with van der Waals surface area (Å²) in [6.07, 6.45) is -1.33. The second-order valence-corrected chi connectivity index (χ2v) is 11.6. The maximum atomic E-state index is 13.5. The number of rotatable bonds is 5. The fourth-order valence-electron chi connectivity index (χ4n) is 4.80. The second-order valence-electron chi connectivity index (χ2n) is 9.70. The normalized spacial score (nSPS) is 23.0. The molecule has 194 valence electrons. The zero-order chi connectivity index (χ0) is 26.0. The van der Waals surface area contributed by atoms with Crippen molar-refractivity contribution >= 4 is 33.3 Å². The minimum atomic E-state index is -3.93. The molecule has 0 spiro atoms. The first-order chi connectivity index (χ1) is 16.9. The second kappa shape index (κ2) is 8.55. The van der Waals surface area contributed by atoms with Gasteiger partial charge in [-0.15, -0.1) is 0 Å². The quantitative estimate of drug-likeness (QED) is 0.648. The van der Waals surface area contributed by atoms with Gasteiger partial charge >= 0.3 is 10.2 Å². The lowest BCUT2D eigenvalue weighted by molar-refractivity contribution is -0.139. The van der Waals surface area contributed by atoms with E-state index in [1.165, 1.54) is 14.0 Å². The number of benzene rings is 1. The third-order valence-electron chi connectivity index (χ3n) is 7.18. The molecule has 0 radical (unpaired) electrons. The number of hydrogen-bond acceptors (Lipinski definition) is 6. The average molecular weight is 522 g/mol. The molecule has 12 heteroatoms. The summed E-state index contributed by atoms with van der Waals surface area (Å²) in [5, 5.41) is 9.56. The van der Waals surface area contributed by atoms with Crippen LogP contribution in [0.1, 0.15) is 18.9 Å². The Bertz CT molecular complexity index is 1310. The molecular formula is C24H29F2N5O4S. The largest absolute Gasteiger partial charge is 0.384 e. The van der Waals surface area contributed by atoms with Crippen LogP contribution in [0.4, 0.5) is 26.0 Å². The fraction of sp³-hybridized carbons (Fsp3) is 0.500. The number of hydrogen-bond donors (Lipinski definition) is 1. The van der Waals surface area contributed by atoms with E-state index in [2.05, 4.69) is 4.90 Å². The van der Waals surface area contributed by atoms with Crippen LogP contribution >= 0.6 is 0 Å². The number of fused-ring (bicyclic) bond motifs is 1. The number of carbonyl (C=O) groups excluding carboxylic acids is 1. The number of alkyl halides is 2. The predicted molar refractivity (Wildman–Crippen MR) is 133 cm³/mol. The Hall–Kier alpha value is -2.99. The topological polar surface area (TPSA) is 97.3 Å². The Morgan fingerprint density at radius 1 is 1.17 bits per heavy atom. The number of piperazine rings is 1. The Morgan fingerprint density at radius 3 is 2.44 bits per heavy atom. The molecule has 1 N–H and O–H groups in total. The molecule has 1 saturated carbocycles. The molecule has 1 unspecified atom stereocenters. The van der Waals surface area contributed by atoms with Crippen LogP contribution in [0.2, 0.25) is 0 Å². The minimum absolute atomic E-state index is 0.248. The van der Waals surface area contributed by atoms with Gasteiger partial charge in [0.15, 0.2) is 0 Å². The molecule has 3 aliphatic rings. The van der Waals surface area contributed by atoms with Crippen molar-refractivity contribution in [3.8, 4) is 11.3 Å². The maximum Gasteiger partial charge on any atom is 0.326 e. The lowest BCUT2D eigenvalue weighted by Gasteiger charge is -2.36. The molecule has 2 fully saturated rings.